The van der Waals surface area contributed by atoms with Gasteiger partial charge >= 0.3 is 0 Å². The van der Waals surface area contributed by atoms with Gasteiger partial charge in [-0.15, -0.1) is 0 Å². The van der Waals surface area contributed by atoms with Crippen molar-refractivity contribution in [1.29, 1.82) is 0 Å². The molecule has 25 heavy (non-hydrogen) atoms. The van der Waals surface area contributed by atoms with Gasteiger partial charge in [-0.05, 0) is 30.5 Å². The average molecular weight is 342 g/mol. The van der Waals surface area contributed by atoms with Crippen LogP contribution in [0, 0.1) is 0 Å². The summed E-state index contributed by atoms with van der Waals surface area (Å²) in [6, 6.07) is 8.06. The van der Waals surface area contributed by atoms with Crippen LogP contribution in [0.4, 0.5) is 5.95 Å². The number of hydrogen-bond acceptors (Lipinski definition) is 6. The molecule has 3 N–H and O–H groups in total. The van der Waals surface area contributed by atoms with Gasteiger partial charge < -0.3 is 10.1 Å². The lowest BCUT2D eigenvalue weighted by atomic mass is 9.76. The number of nitrogens with one attached hydrogen (secondary N) is 2. The van der Waals surface area contributed by atoms with Crippen LogP contribution in [0.5, 0.6) is 5.75 Å². The van der Waals surface area contributed by atoms with Gasteiger partial charge in [-0.2, -0.15) is 0 Å². The van der Waals surface area contributed by atoms with E-state index in [9.17, 15) is 4.79 Å². The van der Waals surface area contributed by atoms with Crippen LogP contribution in [0.3, 0.4) is 0 Å². The van der Waals surface area contributed by atoms with Crippen LogP contribution in [0.15, 0.2) is 36.7 Å². The minimum Gasteiger partial charge on any atom is -0.497 e. The van der Waals surface area contributed by atoms with Crippen molar-refractivity contribution in [3.63, 3.8) is 0 Å². The van der Waals surface area contributed by atoms with Crippen LogP contribution in [0.25, 0.3) is 0 Å². The largest absolute Gasteiger partial charge is 0.497 e. The minimum absolute atomic E-state index is 0.201. The standard InChI is InChI=1S/C18H22N4O3/c1-25-15-7-5-6-14(10-15)18(8-3-2-4-9-18)21-17-19-11-13(12-20-17)16(23)22-24/h5-7,10-12,24H,2-4,8-9H2,1H3,(H,22,23)(H,19,20,21). The highest BCUT2D eigenvalue weighted by Gasteiger charge is 2.34. The zero-order chi connectivity index (χ0) is 17.7. The summed E-state index contributed by atoms with van der Waals surface area (Å²) in [7, 11) is 1.66. The average Bonchev–Trinajstić information content (AvgIpc) is 2.68. The molecule has 0 saturated heterocycles. The summed E-state index contributed by atoms with van der Waals surface area (Å²) >= 11 is 0. The molecular weight excluding hydrogens is 320 g/mol. The second-order valence-corrected chi connectivity index (χ2v) is 6.24. The Balaban J connectivity index is 1.89. The highest BCUT2D eigenvalue weighted by molar-refractivity contribution is 5.92. The van der Waals surface area contributed by atoms with Crippen molar-refractivity contribution >= 4 is 11.9 Å². The fraction of sp³-hybridized carbons (Fsp3) is 0.389. The summed E-state index contributed by atoms with van der Waals surface area (Å²) in [6.45, 7) is 0. The van der Waals surface area contributed by atoms with Crippen LogP contribution in [0.2, 0.25) is 0 Å². The molecule has 7 heteroatoms. The van der Waals surface area contributed by atoms with Crippen molar-refractivity contribution in [3.8, 4) is 5.75 Å². The van der Waals surface area contributed by atoms with E-state index in [0.29, 0.717) is 5.95 Å². The van der Waals surface area contributed by atoms with E-state index in [1.165, 1.54) is 18.8 Å². The summed E-state index contributed by atoms with van der Waals surface area (Å²) in [4.78, 5) is 19.9. The fourth-order valence-electron chi connectivity index (χ4n) is 3.35. The van der Waals surface area contributed by atoms with E-state index in [1.807, 2.05) is 18.2 Å². The Labute approximate surface area is 146 Å². The van der Waals surface area contributed by atoms with Crippen LogP contribution < -0.4 is 15.5 Å². The Kier molecular flexibility index (Phi) is 5.14. The number of rotatable bonds is 5. The number of hydrogen-bond donors (Lipinski definition) is 3. The van der Waals surface area contributed by atoms with E-state index in [1.54, 1.807) is 12.6 Å². The van der Waals surface area contributed by atoms with Crippen LogP contribution in [-0.2, 0) is 5.54 Å². The van der Waals surface area contributed by atoms with Crippen LogP contribution in [0.1, 0.15) is 48.0 Å². The first-order valence-electron chi connectivity index (χ1n) is 8.36. The Morgan fingerprint density at radius 1 is 1.20 bits per heavy atom. The molecule has 1 amide bonds. The van der Waals surface area contributed by atoms with Crippen molar-refractivity contribution in [2.45, 2.75) is 37.6 Å². The number of benzene rings is 1. The van der Waals surface area contributed by atoms with Crippen molar-refractivity contribution in [2.24, 2.45) is 0 Å². The summed E-state index contributed by atoms with van der Waals surface area (Å²) in [5.74, 6) is 0.645. The lowest BCUT2D eigenvalue weighted by Crippen LogP contribution is -2.38. The first-order valence-corrected chi connectivity index (χ1v) is 8.36. The number of anilines is 1. The van der Waals surface area contributed by atoms with Gasteiger partial charge in [0.2, 0.25) is 5.95 Å². The third-order valence-corrected chi connectivity index (χ3v) is 4.70. The first kappa shape index (κ1) is 17.2. The molecule has 1 saturated carbocycles. The zero-order valence-corrected chi connectivity index (χ0v) is 14.2. The smallest absolute Gasteiger partial charge is 0.277 e. The molecule has 1 aliphatic carbocycles. The summed E-state index contributed by atoms with van der Waals surface area (Å²) in [5, 5.41) is 12.1. The Bertz CT molecular complexity index is 727. The summed E-state index contributed by atoms with van der Waals surface area (Å²) < 4.78 is 5.37. The number of amides is 1. The Morgan fingerprint density at radius 2 is 1.92 bits per heavy atom. The zero-order valence-electron chi connectivity index (χ0n) is 14.2. The van der Waals surface area contributed by atoms with E-state index >= 15 is 0 Å². The monoisotopic (exact) mass is 342 g/mol. The van der Waals surface area contributed by atoms with Gasteiger partial charge in [0.15, 0.2) is 0 Å². The SMILES string of the molecule is COc1cccc(C2(Nc3ncc(C(=O)NO)cn3)CCCCC2)c1. The molecule has 2 aromatic rings. The van der Waals surface area contributed by atoms with E-state index in [-0.39, 0.29) is 11.1 Å². The van der Waals surface area contributed by atoms with E-state index in [4.69, 9.17) is 9.94 Å². The maximum Gasteiger partial charge on any atom is 0.277 e. The molecule has 0 aliphatic heterocycles. The third-order valence-electron chi connectivity index (χ3n) is 4.70. The molecule has 1 aliphatic rings. The molecule has 3 rings (SSSR count). The molecule has 1 aromatic carbocycles. The lowest BCUT2D eigenvalue weighted by molar-refractivity contribution is 0.0705. The number of carbonyl (C=O) groups is 1. The molecule has 0 atom stereocenters. The molecule has 1 heterocycles. The van der Waals surface area contributed by atoms with Crippen molar-refractivity contribution in [3.05, 3.63) is 47.8 Å². The quantitative estimate of drug-likeness (QED) is 0.571. The maximum atomic E-state index is 11.4. The molecule has 0 radical (unpaired) electrons. The second-order valence-electron chi connectivity index (χ2n) is 6.24. The normalized spacial score (nSPS) is 16.1. The molecule has 1 fully saturated rings. The Hall–Kier alpha value is -2.67. The van der Waals surface area contributed by atoms with Gasteiger partial charge in [-0.3, -0.25) is 10.0 Å². The van der Waals surface area contributed by atoms with Gasteiger partial charge in [0.05, 0.1) is 18.2 Å². The number of ether oxygens (including phenoxy) is 1. The van der Waals surface area contributed by atoms with Gasteiger partial charge in [0.1, 0.15) is 5.75 Å². The molecule has 0 unspecified atom stereocenters. The van der Waals surface area contributed by atoms with Crippen LogP contribution >= 0.6 is 0 Å². The van der Waals surface area contributed by atoms with E-state index < -0.39 is 5.91 Å². The van der Waals surface area contributed by atoms with Crippen molar-refractivity contribution in [1.82, 2.24) is 15.4 Å². The molecule has 0 spiro atoms. The van der Waals surface area contributed by atoms with Gasteiger partial charge in [-0.25, -0.2) is 15.4 Å². The Morgan fingerprint density at radius 3 is 2.56 bits per heavy atom. The molecule has 7 nitrogen and oxygen atoms in total. The van der Waals surface area contributed by atoms with Crippen molar-refractivity contribution < 1.29 is 14.7 Å². The first-order chi connectivity index (χ1) is 12.2. The molecule has 1 aromatic heterocycles. The highest BCUT2D eigenvalue weighted by Crippen LogP contribution is 2.40. The summed E-state index contributed by atoms with van der Waals surface area (Å²) in [5.41, 5.74) is 2.67. The number of aromatic nitrogens is 2. The number of nitrogens with zero attached hydrogens (tertiary/aromatic N) is 2. The molecular formula is C18H22N4O3. The molecule has 0 bridgehead atoms. The minimum atomic E-state index is -0.633. The summed E-state index contributed by atoms with van der Waals surface area (Å²) in [6.07, 6.45) is 8.19. The second kappa shape index (κ2) is 7.48. The predicted octanol–water partition coefficient (Wildman–Crippen LogP) is 2.88. The number of hydroxylamine groups is 1. The van der Waals surface area contributed by atoms with E-state index in [0.717, 1.165) is 37.0 Å². The topological polar surface area (TPSA) is 96.4 Å². The fourth-order valence-corrected chi connectivity index (χ4v) is 3.35. The number of methoxy groups -OCH3 is 1. The predicted molar refractivity (Wildman–Crippen MR) is 92.7 cm³/mol. The van der Waals surface area contributed by atoms with Crippen molar-refractivity contribution in [2.75, 3.05) is 12.4 Å². The third kappa shape index (κ3) is 3.71. The van der Waals surface area contributed by atoms with Crippen LogP contribution in [-0.4, -0.2) is 28.2 Å². The lowest BCUT2D eigenvalue weighted by Gasteiger charge is -2.38. The number of carbonyl (C=O) groups excluding carboxylic acids is 1. The maximum absolute atomic E-state index is 11.4. The molecule has 132 valence electrons. The van der Waals surface area contributed by atoms with Gasteiger partial charge in [0.25, 0.3) is 5.91 Å². The van der Waals surface area contributed by atoms with E-state index in [2.05, 4.69) is 21.4 Å². The highest BCUT2D eigenvalue weighted by atomic mass is 16.5. The van der Waals surface area contributed by atoms with Gasteiger partial charge in [0, 0.05) is 12.4 Å². The van der Waals surface area contributed by atoms with Gasteiger partial charge in [-0.1, -0.05) is 31.4 Å².